The maximum Gasteiger partial charge on any atom is 0.304 e. The summed E-state index contributed by atoms with van der Waals surface area (Å²) < 4.78 is 25.2. The van der Waals surface area contributed by atoms with E-state index in [0.29, 0.717) is 5.92 Å². The number of carboxylic acid groups (broad SMARTS) is 1. The Hall–Kier alpha value is -1.22. The zero-order valence-corrected chi connectivity index (χ0v) is 11.7. The van der Waals surface area contributed by atoms with Gasteiger partial charge in [0, 0.05) is 6.42 Å². The first-order valence-corrected chi connectivity index (χ1v) is 7.80. The van der Waals surface area contributed by atoms with E-state index in [1.54, 1.807) is 0 Å². The second-order valence-electron chi connectivity index (χ2n) is 4.16. The largest absolute Gasteiger partial charge is 0.481 e. The van der Waals surface area contributed by atoms with E-state index in [-0.39, 0.29) is 5.13 Å². The van der Waals surface area contributed by atoms with Crippen LogP contribution in [0.4, 0.5) is 5.13 Å². The molecule has 18 heavy (non-hydrogen) atoms. The highest BCUT2D eigenvalue weighted by Gasteiger charge is 2.15. The lowest BCUT2D eigenvalue weighted by Crippen LogP contribution is -2.18. The number of sulfonamides is 1. The number of hydrogen-bond acceptors (Lipinski definition) is 6. The van der Waals surface area contributed by atoms with E-state index in [9.17, 15) is 13.2 Å². The molecular formula is C9H15N3O4S2. The molecule has 1 rings (SSSR count). The summed E-state index contributed by atoms with van der Waals surface area (Å²) in [5.41, 5.74) is 0. The van der Waals surface area contributed by atoms with Crippen LogP contribution in [0, 0.1) is 5.92 Å². The van der Waals surface area contributed by atoms with Crippen molar-refractivity contribution in [2.75, 3.05) is 10.5 Å². The van der Waals surface area contributed by atoms with Crippen molar-refractivity contribution >= 4 is 32.5 Å². The fourth-order valence-corrected chi connectivity index (χ4v) is 3.34. The fraction of sp³-hybridized carbons (Fsp3) is 0.667. The predicted molar refractivity (Wildman–Crippen MR) is 68.1 cm³/mol. The third kappa shape index (κ3) is 5.41. The highest BCUT2D eigenvalue weighted by atomic mass is 32.2. The standard InChI is InChI=1S/C9H15N3O4S2/c1-6(2)5-7-10-11-9(17-7)12-18(15,16)4-3-8(13)14/h6H,3-5H2,1-2H3,(H,11,12)(H,13,14). The van der Waals surface area contributed by atoms with Crippen molar-refractivity contribution in [1.82, 2.24) is 10.2 Å². The van der Waals surface area contributed by atoms with Crippen molar-refractivity contribution in [2.24, 2.45) is 5.92 Å². The molecule has 7 nitrogen and oxygen atoms in total. The van der Waals surface area contributed by atoms with E-state index in [1.807, 2.05) is 13.8 Å². The Labute approximate surface area is 109 Å². The van der Waals surface area contributed by atoms with Crippen molar-refractivity contribution in [3.8, 4) is 0 Å². The number of aliphatic carboxylic acids is 1. The van der Waals surface area contributed by atoms with Crippen molar-refractivity contribution in [3.05, 3.63) is 5.01 Å². The number of carbonyl (C=O) groups is 1. The molecule has 0 atom stereocenters. The van der Waals surface area contributed by atoms with Crippen LogP contribution in [0.15, 0.2) is 0 Å². The van der Waals surface area contributed by atoms with Crippen LogP contribution in [-0.2, 0) is 21.2 Å². The molecule has 0 fully saturated rings. The van der Waals surface area contributed by atoms with Gasteiger partial charge < -0.3 is 5.11 Å². The van der Waals surface area contributed by atoms with Crippen molar-refractivity contribution in [2.45, 2.75) is 26.7 Å². The average molecular weight is 293 g/mol. The van der Waals surface area contributed by atoms with Crippen LogP contribution in [0.5, 0.6) is 0 Å². The fourth-order valence-electron chi connectivity index (χ4n) is 1.13. The molecule has 0 bridgehead atoms. The summed E-state index contributed by atoms with van der Waals surface area (Å²) in [7, 11) is -3.67. The predicted octanol–water partition coefficient (Wildman–Crippen LogP) is 0.953. The molecule has 0 unspecified atom stereocenters. The third-order valence-corrected chi connectivity index (χ3v) is 4.11. The van der Waals surface area contributed by atoms with Crippen molar-refractivity contribution in [3.63, 3.8) is 0 Å². The monoisotopic (exact) mass is 293 g/mol. The topological polar surface area (TPSA) is 109 Å². The number of carboxylic acids is 1. The van der Waals surface area contributed by atoms with Gasteiger partial charge in [-0.25, -0.2) is 8.42 Å². The maximum absolute atomic E-state index is 11.5. The van der Waals surface area contributed by atoms with Crippen LogP contribution < -0.4 is 4.72 Å². The van der Waals surface area contributed by atoms with Gasteiger partial charge in [0.1, 0.15) is 5.01 Å². The Bertz CT molecular complexity index is 510. The quantitative estimate of drug-likeness (QED) is 0.774. The summed E-state index contributed by atoms with van der Waals surface area (Å²) in [5, 5.41) is 16.9. The van der Waals surface area contributed by atoms with Gasteiger partial charge in [-0.1, -0.05) is 25.2 Å². The average Bonchev–Trinajstić information content (AvgIpc) is 2.61. The molecule has 0 spiro atoms. The summed E-state index contributed by atoms with van der Waals surface area (Å²) in [4.78, 5) is 10.3. The molecule has 0 aliphatic carbocycles. The Kier molecular flexibility index (Phi) is 5.03. The van der Waals surface area contributed by atoms with Crippen molar-refractivity contribution in [1.29, 1.82) is 0 Å². The molecule has 2 N–H and O–H groups in total. The Morgan fingerprint density at radius 2 is 2.11 bits per heavy atom. The number of anilines is 1. The number of aromatic nitrogens is 2. The van der Waals surface area contributed by atoms with Gasteiger partial charge in [0.25, 0.3) is 0 Å². The molecule has 0 amide bonds. The van der Waals surface area contributed by atoms with Crippen molar-refractivity contribution < 1.29 is 18.3 Å². The lowest BCUT2D eigenvalue weighted by molar-refractivity contribution is -0.136. The van der Waals surface area contributed by atoms with Gasteiger partial charge in [0.15, 0.2) is 0 Å². The summed E-state index contributed by atoms with van der Waals surface area (Å²) in [6, 6.07) is 0. The zero-order valence-electron chi connectivity index (χ0n) is 10.1. The molecule has 0 radical (unpaired) electrons. The highest BCUT2D eigenvalue weighted by Crippen LogP contribution is 2.19. The van der Waals surface area contributed by atoms with E-state index in [2.05, 4.69) is 14.9 Å². The molecule has 102 valence electrons. The van der Waals surface area contributed by atoms with Gasteiger partial charge in [0.2, 0.25) is 15.2 Å². The van der Waals surface area contributed by atoms with E-state index in [0.717, 1.165) is 22.8 Å². The van der Waals surface area contributed by atoms with Gasteiger partial charge in [0.05, 0.1) is 12.2 Å². The highest BCUT2D eigenvalue weighted by molar-refractivity contribution is 7.92. The number of nitrogens with zero attached hydrogens (tertiary/aromatic N) is 2. The van der Waals surface area contributed by atoms with Crippen LogP contribution in [0.1, 0.15) is 25.3 Å². The minimum atomic E-state index is -3.67. The van der Waals surface area contributed by atoms with E-state index in [4.69, 9.17) is 5.11 Å². The van der Waals surface area contributed by atoms with E-state index >= 15 is 0 Å². The molecule has 0 saturated heterocycles. The summed E-state index contributed by atoms with van der Waals surface area (Å²) in [6.45, 7) is 4.05. The number of rotatable bonds is 7. The molecule has 1 heterocycles. The van der Waals surface area contributed by atoms with Gasteiger partial charge in [-0.3, -0.25) is 9.52 Å². The lowest BCUT2D eigenvalue weighted by atomic mass is 10.1. The SMILES string of the molecule is CC(C)Cc1nnc(NS(=O)(=O)CCC(=O)O)s1. The van der Waals surface area contributed by atoms with Crippen LogP contribution in [-0.4, -0.2) is 35.4 Å². The molecule has 0 aliphatic heterocycles. The minimum Gasteiger partial charge on any atom is -0.481 e. The van der Waals surface area contributed by atoms with Crippen LogP contribution >= 0.6 is 11.3 Å². The summed E-state index contributed by atoms with van der Waals surface area (Å²) >= 11 is 1.16. The molecule has 0 aliphatic rings. The second kappa shape index (κ2) is 6.10. The summed E-state index contributed by atoms with van der Waals surface area (Å²) in [6.07, 6.45) is 0.293. The third-order valence-electron chi connectivity index (χ3n) is 1.88. The first-order chi connectivity index (χ1) is 8.28. The first-order valence-electron chi connectivity index (χ1n) is 5.33. The van der Waals surface area contributed by atoms with E-state index in [1.165, 1.54) is 0 Å². The molecule has 1 aromatic heterocycles. The zero-order chi connectivity index (χ0) is 13.8. The Balaban J connectivity index is 2.61. The lowest BCUT2D eigenvalue weighted by Gasteiger charge is -2.02. The number of hydrogen-bond donors (Lipinski definition) is 2. The summed E-state index contributed by atoms with van der Waals surface area (Å²) in [5.74, 6) is -1.21. The van der Waals surface area contributed by atoms with Crippen LogP contribution in [0.2, 0.25) is 0 Å². The molecule has 0 saturated carbocycles. The van der Waals surface area contributed by atoms with Gasteiger partial charge in [-0.05, 0) is 5.92 Å². The molecular weight excluding hydrogens is 278 g/mol. The number of nitrogens with one attached hydrogen (secondary N) is 1. The molecule has 9 heteroatoms. The minimum absolute atomic E-state index is 0.177. The van der Waals surface area contributed by atoms with Gasteiger partial charge in [-0.2, -0.15) is 0 Å². The van der Waals surface area contributed by atoms with Crippen LogP contribution in [0.3, 0.4) is 0 Å². The Morgan fingerprint density at radius 3 is 2.67 bits per heavy atom. The van der Waals surface area contributed by atoms with E-state index < -0.39 is 28.2 Å². The maximum atomic E-state index is 11.5. The van der Waals surface area contributed by atoms with Gasteiger partial charge in [-0.15, -0.1) is 10.2 Å². The second-order valence-corrected chi connectivity index (χ2v) is 7.07. The smallest absolute Gasteiger partial charge is 0.304 e. The Morgan fingerprint density at radius 1 is 1.44 bits per heavy atom. The molecule has 0 aromatic carbocycles. The first kappa shape index (κ1) is 14.8. The normalized spacial score (nSPS) is 11.7. The van der Waals surface area contributed by atoms with Crippen LogP contribution in [0.25, 0.3) is 0 Å². The van der Waals surface area contributed by atoms with Gasteiger partial charge >= 0.3 is 5.97 Å². The molecule has 1 aromatic rings.